The van der Waals surface area contributed by atoms with Gasteiger partial charge in [-0.15, -0.1) is 0 Å². The number of aromatic nitrogens is 1. The number of para-hydroxylation sites is 1. The van der Waals surface area contributed by atoms with Crippen LogP contribution in [0.1, 0.15) is 15.9 Å². The third kappa shape index (κ3) is 3.41. The third-order valence-corrected chi connectivity index (χ3v) is 4.40. The molecule has 0 radical (unpaired) electrons. The Hall–Kier alpha value is -2.40. The molecular formula is C19H24N4O. The summed E-state index contributed by atoms with van der Waals surface area (Å²) >= 11 is 0. The van der Waals surface area contributed by atoms with E-state index in [0.29, 0.717) is 5.56 Å². The summed E-state index contributed by atoms with van der Waals surface area (Å²) in [5.74, 6) is 0.908. The van der Waals surface area contributed by atoms with Crippen LogP contribution in [-0.2, 0) is 6.42 Å². The number of likely N-dealkylation sites (N-methyl/N-ethyl adjacent to an activating group) is 2. The minimum atomic E-state index is 0.0231. The van der Waals surface area contributed by atoms with E-state index >= 15 is 0 Å². The molecule has 5 nitrogen and oxygen atoms in total. The Kier molecular flexibility index (Phi) is 4.81. The number of rotatable bonds is 5. The van der Waals surface area contributed by atoms with Crippen molar-refractivity contribution in [3.8, 4) is 0 Å². The van der Waals surface area contributed by atoms with Gasteiger partial charge < -0.3 is 14.7 Å². The monoisotopic (exact) mass is 324 g/mol. The van der Waals surface area contributed by atoms with E-state index in [1.54, 1.807) is 6.20 Å². The highest BCUT2D eigenvalue weighted by Crippen LogP contribution is 2.28. The van der Waals surface area contributed by atoms with E-state index in [1.165, 1.54) is 5.56 Å². The molecule has 0 unspecified atom stereocenters. The molecule has 1 aliphatic rings. The number of carbonyl (C=O) groups excluding carboxylic acids is 1. The second kappa shape index (κ2) is 7.01. The molecule has 2 aromatic rings. The maximum absolute atomic E-state index is 12.8. The van der Waals surface area contributed by atoms with Crippen molar-refractivity contribution in [1.82, 2.24) is 9.88 Å². The fourth-order valence-corrected chi connectivity index (χ4v) is 2.91. The van der Waals surface area contributed by atoms with Gasteiger partial charge in [0.1, 0.15) is 5.82 Å². The summed E-state index contributed by atoms with van der Waals surface area (Å²) in [5, 5.41) is 0. The Morgan fingerprint density at radius 2 is 1.92 bits per heavy atom. The van der Waals surface area contributed by atoms with Gasteiger partial charge in [0.05, 0.1) is 5.56 Å². The van der Waals surface area contributed by atoms with E-state index in [0.717, 1.165) is 37.6 Å². The van der Waals surface area contributed by atoms with Gasteiger partial charge in [0.15, 0.2) is 0 Å². The van der Waals surface area contributed by atoms with Crippen molar-refractivity contribution in [2.75, 3.05) is 50.6 Å². The Morgan fingerprint density at radius 3 is 2.62 bits per heavy atom. The summed E-state index contributed by atoms with van der Waals surface area (Å²) < 4.78 is 0. The first-order chi connectivity index (χ1) is 11.6. The summed E-state index contributed by atoms with van der Waals surface area (Å²) in [6, 6.07) is 11.9. The van der Waals surface area contributed by atoms with E-state index in [9.17, 15) is 4.79 Å². The molecule has 2 heterocycles. The first kappa shape index (κ1) is 16.5. The van der Waals surface area contributed by atoms with E-state index in [-0.39, 0.29) is 5.91 Å². The van der Waals surface area contributed by atoms with Crippen molar-refractivity contribution in [2.45, 2.75) is 6.42 Å². The smallest absolute Gasteiger partial charge is 0.259 e. The SMILES string of the molecule is CN(C)CCN(C)c1ccc(C(=O)N2CCc3ccccc32)cn1. The van der Waals surface area contributed by atoms with Gasteiger partial charge in [0.25, 0.3) is 5.91 Å². The van der Waals surface area contributed by atoms with Gasteiger partial charge in [-0.3, -0.25) is 4.79 Å². The molecule has 0 saturated carbocycles. The third-order valence-electron chi connectivity index (χ3n) is 4.40. The van der Waals surface area contributed by atoms with Crippen molar-refractivity contribution in [1.29, 1.82) is 0 Å². The second-order valence-corrected chi connectivity index (χ2v) is 6.47. The summed E-state index contributed by atoms with van der Waals surface area (Å²) in [6.07, 6.45) is 2.60. The Morgan fingerprint density at radius 1 is 1.12 bits per heavy atom. The molecule has 1 aromatic heterocycles. The standard InChI is InChI=1S/C19H24N4O/c1-21(2)12-13-22(3)18-9-8-16(14-20-18)19(24)23-11-10-15-6-4-5-7-17(15)23/h4-9,14H,10-13H2,1-3H3. The zero-order chi connectivity index (χ0) is 17.1. The van der Waals surface area contributed by atoms with Crippen molar-refractivity contribution >= 4 is 17.4 Å². The quantitative estimate of drug-likeness (QED) is 0.846. The molecule has 0 spiro atoms. The van der Waals surface area contributed by atoms with Gasteiger partial charge >= 0.3 is 0 Å². The molecule has 3 rings (SSSR count). The van der Waals surface area contributed by atoms with Gasteiger partial charge in [-0.1, -0.05) is 18.2 Å². The lowest BCUT2D eigenvalue weighted by Gasteiger charge is -2.21. The van der Waals surface area contributed by atoms with E-state index < -0.39 is 0 Å². The number of carbonyl (C=O) groups is 1. The van der Waals surface area contributed by atoms with Crippen molar-refractivity contribution in [3.05, 3.63) is 53.7 Å². The molecule has 126 valence electrons. The van der Waals surface area contributed by atoms with Crippen molar-refractivity contribution in [2.24, 2.45) is 0 Å². The van der Waals surface area contributed by atoms with Gasteiger partial charge in [0, 0.05) is 38.6 Å². The number of amides is 1. The Balaban J connectivity index is 1.71. The topological polar surface area (TPSA) is 39.7 Å². The highest BCUT2D eigenvalue weighted by Gasteiger charge is 2.25. The number of hydrogen-bond donors (Lipinski definition) is 0. The molecule has 0 atom stereocenters. The first-order valence-electron chi connectivity index (χ1n) is 8.28. The first-order valence-corrected chi connectivity index (χ1v) is 8.28. The van der Waals surface area contributed by atoms with Gasteiger partial charge in [0.2, 0.25) is 0 Å². The molecule has 24 heavy (non-hydrogen) atoms. The molecule has 0 bridgehead atoms. The number of pyridine rings is 1. The van der Waals surface area contributed by atoms with E-state index in [2.05, 4.69) is 34.9 Å². The molecule has 5 heteroatoms. The van der Waals surface area contributed by atoms with E-state index in [4.69, 9.17) is 0 Å². The highest BCUT2D eigenvalue weighted by atomic mass is 16.2. The molecule has 0 aliphatic carbocycles. The second-order valence-electron chi connectivity index (χ2n) is 6.47. The molecule has 1 aliphatic heterocycles. The van der Waals surface area contributed by atoms with Crippen LogP contribution in [0.25, 0.3) is 0 Å². The summed E-state index contributed by atoms with van der Waals surface area (Å²) in [7, 11) is 6.12. The zero-order valence-corrected chi connectivity index (χ0v) is 14.6. The Labute approximate surface area is 143 Å². The van der Waals surface area contributed by atoms with Crippen LogP contribution in [0.2, 0.25) is 0 Å². The van der Waals surface area contributed by atoms with Crippen LogP contribution in [0.15, 0.2) is 42.6 Å². The van der Waals surface area contributed by atoms with Crippen LogP contribution in [-0.4, -0.2) is 56.6 Å². The largest absolute Gasteiger partial charge is 0.358 e. The van der Waals surface area contributed by atoms with Crippen LogP contribution in [0.5, 0.6) is 0 Å². The fraction of sp³-hybridized carbons (Fsp3) is 0.368. The van der Waals surface area contributed by atoms with E-state index in [1.807, 2.05) is 42.3 Å². The molecule has 1 amide bonds. The van der Waals surface area contributed by atoms with Crippen LogP contribution < -0.4 is 9.80 Å². The number of nitrogens with zero attached hydrogens (tertiary/aromatic N) is 4. The number of benzene rings is 1. The zero-order valence-electron chi connectivity index (χ0n) is 14.6. The van der Waals surface area contributed by atoms with Crippen LogP contribution in [0, 0.1) is 0 Å². The summed E-state index contributed by atoms with van der Waals surface area (Å²) in [5.41, 5.74) is 2.89. The van der Waals surface area contributed by atoms with Gasteiger partial charge in [-0.25, -0.2) is 4.98 Å². The lowest BCUT2D eigenvalue weighted by molar-refractivity contribution is 0.0989. The maximum Gasteiger partial charge on any atom is 0.259 e. The number of fused-ring (bicyclic) bond motifs is 1. The van der Waals surface area contributed by atoms with Crippen molar-refractivity contribution in [3.63, 3.8) is 0 Å². The lowest BCUT2D eigenvalue weighted by Crippen LogP contribution is -2.30. The molecule has 1 aromatic carbocycles. The van der Waals surface area contributed by atoms with Gasteiger partial charge in [-0.05, 0) is 44.3 Å². The average molecular weight is 324 g/mol. The predicted molar refractivity (Wildman–Crippen MR) is 97.9 cm³/mol. The minimum Gasteiger partial charge on any atom is -0.358 e. The lowest BCUT2D eigenvalue weighted by atomic mass is 10.2. The molecule has 0 saturated heterocycles. The minimum absolute atomic E-state index is 0.0231. The predicted octanol–water partition coefficient (Wildman–Crippen LogP) is 2.28. The number of anilines is 2. The fourth-order valence-electron chi connectivity index (χ4n) is 2.91. The van der Waals surface area contributed by atoms with Gasteiger partial charge in [-0.2, -0.15) is 0 Å². The maximum atomic E-state index is 12.8. The average Bonchev–Trinajstić information content (AvgIpc) is 3.03. The summed E-state index contributed by atoms with van der Waals surface area (Å²) in [6.45, 7) is 2.60. The molecular weight excluding hydrogens is 300 g/mol. The highest BCUT2D eigenvalue weighted by molar-refractivity contribution is 6.07. The normalized spacial score (nSPS) is 13.2. The molecule has 0 N–H and O–H groups in total. The molecule has 0 fully saturated rings. The van der Waals surface area contributed by atoms with Crippen LogP contribution in [0.3, 0.4) is 0 Å². The summed E-state index contributed by atoms with van der Waals surface area (Å²) in [4.78, 5) is 23.3. The number of hydrogen-bond acceptors (Lipinski definition) is 4. The van der Waals surface area contributed by atoms with Crippen molar-refractivity contribution < 1.29 is 4.79 Å². The van der Waals surface area contributed by atoms with Crippen LogP contribution in [0.4, 0.5) is 11.5 Å². The van der Waals surface area contributed by atoms with Crippen LogP contribution >= 0.6 is 0 Å². The Bertz CT molecular complexity index is 712.